The molecule has 0 saturated carbocycles. The van der Waals surface area contributed by atoms with Crippen LogP contribution in [0.1, 0.15) is 24.1 Å². The molecule has 1 atom stereocenters. The van der Waals surface area contributed by atoms with Crippen LogP contribution in [0.2, 0.25) is 0 Å². The topological polar surface area (TPSA) is 80.1 Å². The van der Waals surface area contributed by atoms with Crippen LogP contribution in [0, 0.1) is 6.92 Å². The SMILES string of the molecule is CNc1cc(N2CCC[C@H]2CNCc2c(C)nn(C)c2OC)ncn1. The van der Waals surface area contributed by atoms with E-state index in [1.807, 2.05) is 27.1 Å². The normalized spacial score (nSPS) is 17.1. The molecule has 1 aliphatic rings. The fraction of sp³-hybridized carbons (Fsp3) is 0.588. The smallest absolute Gasteiger partial charge is 0.216 e. The minimum Gasteiger partial charge on any atom is -0.481 e. The molecule has 25 heavy (non-hydrogen) atoms. The van der Waals surface area contributed by atoms with Crippen LogP contribution >= 0.6 is 0 Å². The number of hydrogen-bond acceptors (Lipinski definition) is 7. The largest absolute Gasteiger partial charge is 0.481 e. The molecular formula is C17H27N7O. The lowest BCUT2D eigenvalue weighted by Crippen LogP contribution is -2.38. The van der Waals surface area contributed by atoms with Gasteiger partial charge in [-0.2, -0.15) is 5.10 Å². The molecule has 1 fully saturated rings. The van der Waals surface area contributed by atoms with Gasteiger partial charge in [0.1, 0.15) is 18.0 Å². The monoisotopic (exact) mass is 345 g/mol. The number of nitrogens with zero attached hydrogens (tertiary/aromatic N) is 5. The van der Waals surface area contributed by atoms with Gasteiger partial charge in [-0.3, -0.25) is 0 Å². The van der Waals surface area contributed by atoms with Crippen LogP contribution in [0.25, 0.3) is 0 Å². The molecule has 8 heteroatoms. The number of anilines is 2. The van der Waals surface area contributed by atoms with Gasteiger partial charge in [0, 0.05) is 45.8 Å². The molecule has 1 aliphatic heterocycles. The summed E-state index contributed by atoms with van der Waals surface area (Å²) in [6.07, 6.45) is 3.96. The second kappa shape index (κ2) is 7.69. The summed E-state index contributed by atoms with van der Waals surface area (Å²) in [6, 6.07) is 2.44. The van der Waals surface area contributed by atoms with E-state index in [0.717, 1.165) is 54.8 Å². The van der Waals surface area contributed by atoms with E-state index in [4.69, 9.17) is 4.74 Å². The van der Waals surface area contributed by atoms with Gasteiger partial charge in [0.15, 0.2) is 0 Å². The molecule has 0 bridgehead atoms. The quantitative estimate of drug-likeness (QED) is 0.783. The molecule has 0 aromatic carbocycles. The average molecular weight is 345 g/mol. The summed E-state index contributed by atoms with van der Waals surface area (Å²) in [6.45, 7) is 4.69. The maximum absolute atomic E-state index is 5.46. The summed E-state index contributed by atoms with van der Waals surface area (Å²) < 4.78 is 7.25. The number of rotatable bonds is 7. The number of aromatic nitrogens is 4. The van der Waals surface area contributed by atoms with Crippen LogP contribution in [0.5, 0.6) is 5.88 Å². The first-order valence-corrected chi connectivity index (χ1v) is 8.67. The molecule has 0 aliphatic carbocycles. The number of ether oxygens (including phenoxy) is 1. The van der Waals surface area contributed by atoms with Crippen LogP contribution < -0.4 is 20.3 Å². The number of hydrogen-bond donors (Lipinski definition) is 2. The highest BCUT2D eigenvalue weighted by molar-refractivity contribution is 5.49. The Labute approximate surface area is 148 Å². The Morgan fingerprint density at radius 1 is 1.36 bits per heavy atom. The summed E-state index contributed by atoms with van der Waals surface area (Å²) in [5, 5.41) is 11.1. The van der Waals surface area contributed by atoms with Gasteiger partial charge < -0.3 is 20.3 Å². The van der Waals surface area contributed by atoms with Crippen molar-refractivity contribution in [1.82, 2.24) is 25.1 Å². The molecule has 0 spiro atoms. The molecule has 2 aromatic rings. The standard InChI is InChI=1S/C17H27N7O/c1-12-14(17(25-4)23(3)22-12)10-19-9-13-6-5-7-24(13)16-8-15(18-2)20-11-21-16/h8,11,13,19H,5-7,9-10H2,1-4H3,(H,18,20,21)/t13-/m0/s1. The molecule has 3 rings (SSSR count). The Kier molecular flexibility index (Phi) is 5.37. The van der Waals surface area contributed by atoms with Crippen LogP contribution in [0.15, 0.2) is 12.4 Å². The van der Waals surface area contributed by atoms with Gasteiger partial charge in [-0.1, -0.05) is 0 Å². The lowest BCUT2D eigenvalue weighted by Gasteiger charge is -2.26. The summed E-state index contributed by atoms with van der Waals surface area (Å²) in [7, 11) is 5.47. The van der Waals surface area contributed by atoms with Gasteiger partial charge >= 0.3 is 0 Å². The van der Waals surface area contributed by atoms with Crippen LogP contribution in [-0.2, 0) is 13.6 Å². The number of methoxy groups -OCH3 is 1. The highest BCUT2D eigenvalue weighted by atomic mass is 16.5. The zero-order chi connectivity index (χ0) is 17.8. The van der Waals surface area contributed by atoms with Gasteiger partial charge in [0.25, 0.3) is 0 Å². The van der Waals surface area contributed by atoms with Gasteiger partial charge in [-0.05, 0) is 19.8 Å². The van der Waals surface area contributed by atoms with Crippen LogP contribution in [0.4, 0.5) is 11.6 Å². The van der Waals surface area contributed by atoms with E-state index in [2.05, 4.69) is 30.6 Å². The van der Waals surface area contributed by atoms with Crippen molar-refractivity contribution in [1.29, 1.82) is 0 Å². The summed E-state index contributed by atoms with van der Waals surface area (Å²) in [4.78, 5) is 11.0. The average Bonchev–Trinajstić information content (AvgIpc) is 3.19. The van der Waals surface area contributed by atoms with Crippen molar-refractivity contribution >= 4 is 11.6 Å². The van der Waals surface area contributed by atoms with Gasteiger partial charge in [0.05, 0.1) is 18.4 Å². The Balaban J connectivity index is 1.63. The third-order valence-corrected chi connectivity index (χ3v) is 4.74. The molecule has 2 aromatic heterocycles. The van der Waals surface area contributed by atoms with Gasteiger partial charge in [-0.25, -0.2) is 14.6 Å². The number of aryl methyl sites for hydroxylation is 2. The van der Waals surface area contributed by atoms with Gasteiger partial charge in [0.2, 0.25) is 5.88 Å². The van der Waals surface area contributed by atoms with Crippen molar-refractivity contribution < 1.29 is 4.74 Å². The van der Waals surface area contributed by atoms with E-state index in [1.54, 1.807) is 18.1 Å². The molecule has 3 heterocycles. The van der Waals surface area contributed by atoms with E-state index in [1.165, 1.54) is 6.42 Å². The lowest BCUT2D eigenvalue weighted by molar-refractivity contribution is 0.367. The van der Waals surface area contributed by atoms with Crippen molar-refractivity contribution in [3.05, 3.63) is 23.7 Å². The summed E-state index contributed by atoms with van der Waals surface area (Å²) in [5.74, 6) is 2.65. The molecule has 0 amide bonds. The third-order valence-electron chi connectivity index (χ3n) is 4.74. The zero-order valence-corrected chi connectivity index (χ0v) is 15.4. The Hall–Kier alpha value is -2.35. The highest BCUT2D eigenvalue weighted by Crippen LogP contribution is 2.25. The molecule has 0 unspecified atom stereocenters. The molecule has 1 saturated heterocycles. The number of nitrogens with one attached hydrogen (secondary N) is 2. The first kappa shape index (κ1) is 17.5. The fourth-order valence-electron chi connectivity index (χ4n) is 3.49. The second-order valence-corrected chi connectivity index (χ2v) is 6.33. The van der Waals surface area contributed by atoms with Crippen molar-refractivity contribution in [2.75, 3.05) is 37.5 Å². The third kappa shape index (κ3) is 3.68. The molecule has 2 N–H and O–H groups in total. The fourth-order valence-corrected chi connectivity index (χ4v) is 3.49. The molecule has 0 radical (unpaired) electrons. The highest BCUT2D eigenvalue weighted by Gasteiger charge is 2.26. The predicted octanol–water partition coefficient (Wildman–Crippen LogP) is 1.33. The van der Waals surface area contributed by atoms with Crippen molar-refractivity contribution in [3.63, 3.8) is 0 Å². The molecule has 8 nitrogen and oxygen atoms in total. The van der Waals surface area contributed by atoms with E-state index in [9.17, 15) is 0 Å². The van der Waals surface area contributed by atoms with E-state index < -0.39 is 0 Å². The van der Waals surface area contributed by atoms with Crippen LogP contribution in [0.3, 0.4) is 0 Å². The van der Waals surface area contributed by atoms with Crippen molar-refractivity contribution in [2.45, 2.75) is 32.4 Å². The van der Waals surface area contributed by atoms with Crippen LogP contribution in [-0.4, -0.2) is 53.0 Å². The predicted molar refractivity (Wildman–Crippen MR) is 98.2 cm³/mol. The second-order valence-electron chi connectivity index (χ2n) is 6.33. The van der Waals surface area contributed by atoms with E-state index in [0.29, 0.717) is 6.04 Å². The maximum Gasteiger partial charge on any atom is 0.216 e. The molecule has 136 valence electrons. The Morgan fingerprint density at radius 3 is 2.96 bits per heavy atom. The van der Waals surface area contributed by atoms with E-state index in [-0.39, 0.29) is 0 Å². The summed E-state index contributed by atoms with van der Waals surface area (Å²) >= 11 is 0. The maximum atomic E-state index is 5.46. The summed E-state index contributed by atoms with van der Waals surface area (Å²) in [5.41, 5.74) is 2.12. The molecular weight excluding hydrogens is 318 g/mol. The first-order valence-electron chi connectivity index (χ1n) is 8.67. The van der Waals surface area contributed by atoms with E-state index >= 15 is 0 Å². The zero-order valence-electron chi connectivity index (χ0n) is 15.4. The van der Waals surface area contributed by atoms with Gasteiger partial charge in [-0.15, -0.1) is 0 Å². The van der Waals surface area contributed by atoms with Crippen molar-refractivity contribution in [3.8, 4) is 5.88 Å². The minimum atomic E-state index is 0.433. The lowest BCUT2D eigenvalue weighted by atomic mass is 10.2. The Morgan fingerprint density at radius 2 is 2.20 bits per heavy atom. The van der Waals surface area contributed by atoms with Crippen molar-refractivity contribution in [2.24, 2.45) is 7.05 Å². The first-order chi connectivity index (χ1) is 12.1. The Bertz CT molecular complexity index is 715. The minimum absolute atomic E-state index is 0.433.